The monoisotopic (exact) mass is 358 g/mol. The van der Waals surface area contributed by atoms with E-state index in [4.69, 9.17) is 0 Å². The molecule has 0 fully saturated rings. The van der Waals surface area contributed by atoms with Gasteiger partial charge in [0.2, 0.25) is 0 Å². The van der Waals surface area contributed by atoms with Gasteiger partial charge >= 0.3 is 0 Å². The van der Waals surface area contributed by atoms with Crippen molar-refractivity contribution in [2.75, 3.05) is 0 Å². The molecule has 114 valence electrons. The number of aromatic nitrogens is 2. The third-order valence-electron chi connectivity index (χ3n) is 3.54. The van der Waals surface area contributed by atoms with Crippen LogP contribution >= 0.6 is 15.9 Å². The van der Waals surface area contributed by atoms with Crippen LogP contribution in [0.1, 0.15) is 35.5 Å². The van der Waals surface area contributed by atoms with Crippen LogP contribution in [0.25, 0.3) is 0 Å². The van der Waals surface area contributed by atoms with Crippen LogP contribution in [0, 0.1) is 18.6 Å². The van der Waals surface area contributed by atoms with Crippen LogP contribution in [-0.2, 0) is 19.9 Å². The van der Waals surface area contributed by atoms with E-state index in [0.717, 1.165) is 16.6 Å². The van der Waals surface area contributed by atoms with Gasteiger partial charge < -0.3 is 5.11 Å². The summed E-state index contributed by atoms with van der Waals surface area (Å²) >= 11 is 3.43. The zero-order chi connectivity index (χ0) is 15.7. The summed E-state index contributed by atoms with van der Waals surface area (Å²) in [5.74, 6) is -1.43. The number of nitrogens with zero attached hydrogens (tertiary/aromatic N) is 2. The molecule has 1 heterocycles. The highest BCUT2D eigenvalue weighted by Crippen LogP contribution is 2.29. The molecule has 0 amide bonds. The van der Waals surface area contributed by atoms with Crippen molar-refractivity contribution in [1.29, 1.82) is 0 Å². The maximum atomic E-state index is 14.1. The van der Waals surface area contributed by atoms with Crippen molar-refractivity contribution in [2.24, 2.45) is 7.05 Å². The molecule has 21 heavy (non-hydrogen) atoms. The molecule has 0 saturated carbocycles. The van der Waals surface area contributed by atoms with Crippen LogP contribution in [0.4, 0.5) is 8.78 Å². The Morgan fingerprint density at radius 3 is 2.62 bits per heavy atom. The molecule has 1 aromatic carbocycles. The van der Waals surface area contributed by atoms with E-state index in [9.17, 15) is 13.9 Å². The molecule has 1 atom stereocenters. The zero-order valence-electron chi connectivity index (χ0n) is 12.1. The molecule has 0 bridgehead atoms. The second-order valence-electron chi connectivity index (χ2n) is 5.00. The van der Waals surface area contributed by atoms with Crippen LogP contribution in [-0.4, -0.2) is 14.9 Å². The number of benzene rings is 1. The number of aryl methyl sites for hydroxylation is 3. The van der Waals surface area contributed by atoms with Crippen molar-refractivity contribution in [3.63, 3.8) is 0 Å². The normalized spacial score (nSPS) is 12.7. The topological polar surface area (TPSA) is 38.0 Å². The van der Waals surface area contributed by atoms with Gasteiger partial charge in [-0.15, -0.1) is 0 Å². The molecule has 0 saturated heterocycles. The molecule has 0 aliphatic rings. The first-order chi connectivity index (χ1) is 9.86. The molecule has 2 aromatic rings. The van der Waals surface area contributed by atoms with E-state index < -0.39 is 17.7 Å². The van der Waals surface area contributed by atoms with Gasteiger partial charge in [-0.2, -0.15) is 5.10 Å². The molecular formula is C15H17BrF2N2O. The van der Waals surface area contributed by atoms with Crippen molar-refractivity contribution < 1.29 is 13.9 Å². The van der Waals surface area contributed by atoms with E-state index in [1.807, 2.05) is 6.92 Å². The Labute approximate surface area is 130 Å². The second kappa shape index (κ2) is 6.23. The molecule has 0 aliphatic heterocycles. The fourth-order valence-electron chi connectivity index (χ4n) is 2.31. The van der Waals surface area contributed by atoms with Gasteiger partial charge in [-0.25, -0.2) is 8.78 Å². The van der Waals surface area contributed by atoms with Crippen molar-refractivity contribution in [3.8, 4) is 0 Å². The minimum Gasteiger partial charge on any atom is -0.388 e. The lowest BCUT2D eigenvalue weighted by Crippen LogP contribution is -2.11. The van der Waals surface area contributed by atoms with Crippen LogP contribution < -0.4 is 0 Å². The fraction of sp³-hybridized carbons (Fsp3) is 0.400. The van der Waals surface area contributed by atoms with Crippen LogP contribution in [0.2, 0.25) is 0 Å². The van der Waals surface area contributed by atoms with E-state index >= 15 is 0 Å². The smallest absolute Gasteiger partial charge is 0.134 e. The van der Waals surface area contributed by atoms with Crippen molar-refractivity contribution in [3.05, 3.63) is 50.8 Å². The predicted octanol–water partition coefficient (Wildman–Crippen LogP) is 3.61. The predicted molar refractivity (Wildman–Crippen MR) is 80.0 cm³/mol. The number of hydrogen-bond acceptors (Lipinski definition) is 2. The van der Waals surface area contributed by atoms with Gasteiger partial charge in [0.1, 0.15) is 11.6 Å². The first-order valence-corrected chi connectivity index (χ1v) is 7.48. The summed E-state index contributed by atoms with van der Waals surface area (Å²) < 4.78 is 30.3. The van der Waals surface area contributed by atoms with E-state index in [0.29, 0.717) is 11.3 Å². The van der Waals surface area contributed by atoms with Gasteiger partial charge in [0.25, 0.3) is 0 Å². The molecule has 2 rings (SSSR count). The summed E-state index contributed by atoms with van der Waals surface area (Å²) in [6, 6.07) is 2.53. The van der Waals surface area contributed by atoms with E-state index in [1.165, 1.54) is 12.1 Å². The number of aliphatic hydroxyl groups is 1. The van der Waals surface area contributed by atoms with Gasteiger partial charge in [0, 0.05) is 13.5 Å². The zero-order valence-corrected chi connectivity index (χ0v) is 13.7. The summed E-state index contributed by atoms with van der Waals surface area (Å²) in [5, 5.41) is 14.6. The number of rotatable bonds is 4. The average molecular weight is 359 g/mol. The summed E-state index contributed by atoms with van der Waals surface area (Å²) in [6.07, 6.45) is -0.444. The average Bonchev–Trinajstić information content (AvgIpc) is 2.71. The SMILES string of the molecule is CCc1nn(C)c(CC(O)c2c(F)ccc(C)c2F)c1Br. The van der Waals surface area contributed by atoms with Gasteiger partial charge in [-0.3, -0.25) is 4.68 Å². The standard InChI is InChI=1S/C15H17BrF2N2O/c1-4-10-14(16)11(20(3)19-10)7-12(21)13-9(17)6-5-8(2)15(13)18/h5-6,12,21H,4,7H2,1-3H3. The molecule has 0 radical (unpaired) electrons. The van der Waals surface area contributed by atoms with Gasteiger partial charge in [-0.1, -0.05) is 13.0 Å². The molecule has 1 aromatic heterocycles. The molecule has 3 nitrogen and oxygen atoms in total. The summed E-state index contributed by atoms with van der Waals surface area (Å²) in [6.45, 7) is 3.51. The lowest BCUT2D eigenvalue weighted by atomic mass is 10.0. The first-order valence-electron chi connectivity index (χ1n) is 6.69. The first kappa shape index (κ1) is 16.1. The molecule has 6 heteroatoms. The van der Waals surface area contributed by atoms with E-state index in [2.05, 4.69) is 21.0 Å². The molecular weight excluding hydrogens is 342 g/mol. The van der Waals surface area contributed by atoms with Gasteiger partial charge in [0.15, 0.2) is 0 Å². The Hall–Kier alpha value is -1.27. The van der Waals surface area contributed by atoms with Crippen LogP contribution in [0.5, 0.6) is 0 Å². The van der Waals surface area contributed by atoms with Crippen molar-refractivity contribution in [1.82, 2.24) is 9.78 Å². The highest BCUT2D eigenvalue weighted by atomic mass is 79.9. The summed E-state index contributed by atoms with van der Waals surface area (Å²) in [5.41, 5.74) is 1.58. The Kier molecular flexibility index (Phi) is 4.78. The minimum atomic E-state index is -1.26. The van der Waals surface area contributed by atoms with Gasteiger partial charge in [0.05, 0.1) is 27.5 Å². The number of aliphatic hydroxyl groups excluding tert-OH is 1. The second-order valence-corrected chi connectivity index (χ2v) is 5.79. The number of hydrogen-bond donors (Lipinski definition) is 1. The van der Waals surface area contributed by atoms with E-state index in [-0.39, 0.29) is 12.0 Å². The van der Waals surface area contributed by atoms with Crippen LogP contribution in [0.15, 0.2) is 16.6 Å². The minimum absolute atomic E-state index is 0.0847. The molecule has 0 spiro atoms. The largest absolute Gasteiger partial charge is 0.388 e. The third-order valence-corrected chi connectivity index (χ3v) is 4.46. The molecule has 0 aliphatic carbocycles. The Morgan fingerprint density at radius 2 is 2.05 bits per heavy atom. The Bertz CT molecular complexity index is 670. The maximum Gasteiger partial charge on any atom is 0.134 e. The fourth-order valence-corrected chi connectivity index (χ4v) is 3.09. The van der Waals surface area contributed by atoms with E-state index in [1.54, 1.807) is 18.7 Å². The molecule has 1 unspecified atom stereocenters. The quantitative estimate of drug-likeness (QED) is 0.906. The highest BCUT2D eigenvalue weighted by Gasteiger charge is 2.23. The maximum absolute atomic E-state index is 14.1. The summed E-state index contributed by atoms with van der Waals surface area (Å²) in [7, 11) is 1.74. The third kappa shape index (κ3) is 3.01. The Morgan fingerprint density at radius 1 is 1.38 bits per heavy atom. The van der Waals surface area contributed by atoms with Crippen molar-refractivity contribution >= 4 is 15.9 Å². The highest BCUT2D eigenvalue weighted by molar-refractivity contribution is 9.10. The van der Waals surface area contributed by atoms with Crippen LogP contribution in [0.3, 0.4) is 0 Å². The molecule has 1 N–H and O–H groups in total. The lowest BCUT2D eigenvalue weighted by Gasteiger charge is -2.14. The number of halogens is 3. The van der Waals surface area contributed by atoms with Gasteiger partial charge in [-0.05, 0) is 40.9 Å². The van der Waals surface area contributed by atoms with Crippen molar-refractivity contribution in [2.45, 2.75) is 32.8 Å². The summed E-state index contributed by atoms with van der Waals surface area (Å²) in [4.78, 5) is 0. The Balaban J connectivity index is 2.37. The lowest BCUT2D eigenvalue weighted by molar-refractivity contribution is 0.165.